The lowest BCUT2D eigenvalue weighted by molar-refractivity contribution is -0.111. The summed E-state index contributed by atoms with van der Waals surface area (Å²) in [5, 5.41) is 3.19. The summed E-state index contributed by atoms with van der Waals surface area (Å²) in [6, 6.07) is 10.7. The van der Waals surface area contributed by atoms with Gasteiger partial charge >= 0.3 is 0 Å². The van der Waals surface area contributed by atoms with Crippen LogP contribution in [0.15, 0.2) is 42.5 Å². The molecular weight excluding hydrogens is 428 g/mol. The van der Waals surface area contributed by atoms with Crippen molar-refractivity contribution in [2.45, 2.75) is 38.1 Å². The van der Waals surface area contributed by atoms with Gasteiger partial charge in [-0.25, -0.2) is 0 Å². The fraction of sp³-hybridized carbons (Fsp3) is 0.360. The molecule has 0 radical (unpaired) electrons. The molecule has 6 nitrogen and oxygen atoms in total. The number of carbonyl (C=O) groups excluding carboxylic acids is 2. The van der Waals surface area contributed by atoms with Crippen LogP contribution < -0.4 is 14.8 Å². The normalized spacial score (nSPS) is 14.2. The summed E-state index contributed by atoms with van der Waals surface area (Å²) in [6.45, 7) is 0. The van der Waals surface area contributed by atoms with Gasteiger partial charge in [0.05, 0.1) is 19.2 Å². The lowest BCUT2D eigenvalue weighted by atomic mass is 9.94. The SMILES string of the molecule is COc1cc(C=CC(=O)Nc2ccc(C(=O)N(C)C3CCCCC3)cc2)cc(Cl)c1OC. The smallest absolute Gasteiger partial charge is 0.253 e. The first kappa shape index (κ1) is 23.7. The lowest BCUT2D eigenvalue weighted by Crippen LogP contribution is -2.38. The van der Waals surface area contributed by atoms with Crippen molar-refractivity contribution >= 4 is 35.2 Å². The van der Waals surface area contributed by atoms with Crippen LogP contribution in [0, 0.1) is 0 Å². The Morgan fingerprint density at radius 1 is 1.06 bits per heavy atom. The highest BCUT2D eigenvalue weighted by Crippen LogP contribution is 2.36. The number of nitrogens with zero attached hydrogens (tertiary/aromatic N) is 1. The predicted molar refractivity (Wildman–Crippen MR) is 128 cm³/mol. The molecule has 32 heavy (non-hydrogen) atoms. The van der Waals surface area contributed by atoms with Gasteiger partial charge in [0.2, 0.25) is 5.91 Å². The minimum Gasteiger partial charge on any atom is -0.493 e. The van der Waals surface area contributed by atoms with Crippen LogP contribution >= 0.6 is 11.6 Å². The Morgan fingerprint density at radius 3 is 2.38 bits per heavy atom. The summed E-state index contributed by atoms with van der Waals surface area (Å²) in [6.07, 6.45) is 8.78. The Morgan fingerprint density at radius 2 is 1.75 bits per heavy atom. The predicted octanol–water partition coefficient (Wildman–Crippen LogP) is 5.41. The average molecular weight is 457 g/mol. The molecule has 3 rings (SSSR count). The fourth-order valence-electron chi connectivity index (χ4n) is 3.92. The largest absolute Gasteiger partial charge is 0.493 e. The highest BCUT2D eigenvalue weighted by molar-refractivity contribution is 6.32. The second-order valence-electron chi connectivity index (χ2n) is 7.85. The average Bonchev–Trinajstić information content (AvgIpc) is 2.82. The zero-order valence-corrected chi connectivity index (χ0v) is 19.4. The van der Waals surface area contributed by atoms with E-state index in [1.165, 1.54) is 39.6 Å². The van der Waals surface area contributed by atoms with E-state index in [0.29, 0.717) is 39.4 Å². The van der Waals surface area contributed by atoms with Crippen LogP contribution in [0.4, 0.5) is 5.69 Å². The van der Waals surface area contributed by atoms with Gasteiger partial charge in [-0.05, 0) is 60.9 Å². The van der Waals surface area contributed by atoms with Gasteiger partial charge < -0.3 is 19.7 Å². The van der Waals surface area contributed by atoms with Crippen molar-refractivity contribution in [1.29, 1.82) is 0 Å². The van der Waals surface area contributed by atoms with Crippen LogP contribution in [0.1, 0.15) is 48.0 Å². The van der Waals surface area contributed by atoms with Crippen molar-refractivity contribution in [3.05, 3.63) is 58.6 Å². The third kappa shape index (κ3) is 5.82. The van der Waals surface area contributed by atoms with Crippen molar-refractivity contribution < 1.29 is 19.1 Å². The maximum absolute atomic E-state index is 12.8. The Kier molecular flexibility index (Phi) is 8.17. The van der Waals surface area contributed by atoms with Gasteiger partial charge in [-0.3, -0.25) is 9.59 Å². The first-order valence-electron chi connectivity index (χ1n) is 10.7. The zero-order valence-electron chi connectivity index (χ0n) is 18.7. The third-order valence-corrected chi connectivity index (χ3v) is 6.01. The van der Waals surface area contributed by atoms with Gasteiger partial charge in [0.25, 0.3) is 5.91 Å². The van der Waals surface area contributed by atoms with Gasteiger partial charge in [-0.15, -0.1) is 0 Å². The van der Waals surface area contributed by atoms with Crippen LogP contribution in [0.3, 0.4) is 0 Å². The molecule has 0 atom stereocenters. The van der Waals surface area contributed by atoms with E-state index in [1.54, 1.807) is 42.5 Å². The van der Waals surface area contributed by atoms with E-state index < -0.39 is 0 Å². The maximum Gasteiger partial charge on any atom is 0.253 e. The van der Waals surface area contributed by atoms with E-state index in [2.05, 4.69) is 5.32 Å². The van der Waals surface area contributed by atoms with Crippen molar-refractivity contribution in [1.82, 2.24) is 4.90 Å². The minimum atomic E-state index is -0.297. The molecule has 0 spiro atoms. The quantitative estimate of drug-likeness (QED) is 0.565. The number of ether oxygens (including phenoxy) is 2. The number of amides is 2. The molecule has 2 amide bonds. The van der Waals surface area contributed by atoms with E-state index in [9.17, 15) is 9.59 Å². The summed E-state index contributed by atoms with van der Waals surface area (Å²) in [4.78, 5) is 26.9. The van der Waals surface area contributed by atoms with E-state index >= 15 is 0 Å². The molecule has 1 saturated carbocycles. The molecule has 0 heterocycles. The number of rotatable bonds is 7. The Bertz CT molecular complexity index is 982. The molecule has 1 aliphatic carbocycles. The second-order valence-corrected chi connectivity index (χ2v) is 8.25. The molecule has 2 aromatic rings. The summed E-state index contributed by atoms with van der Waals surface area (Å²) >= 11 is 6.20. The van der Waals surface area contributed by atoms with Crippen LogP contribution in [-0.2, 0) is 4.79 Å². The van der Waals surface area contributed by atoms with Gasteiger partial charge in [-0.2, -0.15) is 0 Å². The first-order valence-corrected chi connectivity index (χ1v) is 11.1. The van der Waals surface area contributed by atoms with Crippen LogP contribution in [0.5, 0.6) is 11.5 Å². The van der Waals surface area contributed by atoms with Crippen molar-refractivity contribution in [2.24, 2.45) is 0 Å². The Labute approximate surface area is 194 Å². The number of methoxy groups -OCH3 is 2. The molecule has 0 saturated heterocycles. The highest BCUT2D eigenvalue weighted by atomic mass is 35.5. The first-order chi connectivity index (χ1) is 15.4. The fourth-order valence-corrected chi connectivity index (χ4v) is 4.22. The number of halogens is 1. The highest BCUT2D eigenvalue weighted by Gasteiger charge is 2.22. The number of hydrogen-bond acceptors (Lipinski definition) is 4. The van der Waals surface area contributed by atoms with Crippen LogP contribution in [0.2, 0.25) is 5.02 Å². The molecule has 7 heteroatoms. The number of anilines is 1. The van der Waals surface area contributed by atoms with Crippen molar-refractivity contribution in [3.63, 3.8) is 0 Å². The maximum atomic E-state index is 12.8. The molecule has 170 valence electrons. The van der Waals surface area contributed by atoms with Crippen molar-refractivity contribution in [2.75, 3.05) is 26.6 Å². The van der Waals surface area contributed by atoms with Gasteiger partial charge in [-0.1, -0.05) is 30.9 Å². The Balaban J connectivity index is 1.61. The van der Waals surface area contributed by atoms with Crippen molar-refractivity contribution in [3.8, 4) is 11.5 Å². The number of hydrogen-bond donors (Lipinski definition) is 1. The van der Waals surface area contributed by atoms with E-state index in [-0.39, 0.29) is 11.8 Å². The molecule has 1 N–H and O–H groups in total. The second kappa shape index (κ2) is 11.0. The summed E-state index contributed by atoms with van der Waals surface area (Å²) in [5.41, 5.74) is 1.93. The van der Waals surface area contributed by atoms with Crippen LogP contribution in [0.25, 0.3) is 6.08 Å². The monoisotopic (exact) mass is 456 g/mol. The number of nitrogens with one attached hydrogen (secondary N) is 1. The van der Waals surface area contributed by atoms with Gasteiger partial charge in [0, 0.05) is 30.4 Å². The Hall–Kier alpha value is -2.99. The van der Waals surface area contributed by atoms with E-state index in [4.69, 9.17) is 21.1 Å². The molecule has 1 fully saturated rings. The summed E-state index contributed by atoms with van der Waals surface area (Å²) in [7, 11) is 4.91. The molecule has 0 aromatic heterocycles. The van der Waals surface area contributed by atoms with Crippen LogP contribution in [-0.4, -0.2) is 44.0 Å². The molecule has 0 aliphatic heterocycles. The number of benzene rings is 2. The standard InChI is InChI=1S/C25H29ClN2O4/c1-28(20-7-5-4-6-8-20)25(30)18-10-12-19(13-11-18)27-23(29)14-9-17-15-21(26)24(32-3)22(16-17)31-2/h9-16,20H,4-8H2,1-3H3,(H,27,29). The third-order valence-electron chi connectivity index (χ3n) is 5.73. The zero-order chi connectivity index (χ0) is 23.1. The van der Waals surface area contributed by atoms with Gasteiger partial charge in [0.15, 0.2) is 11.5 Å². The molecule has 0 bridgehead atoms. The molecule has 0 unspecified atom stereocenters. The van der Waals surface area contributed by atoms with E-state index in [0.717, 1.165) is 12.8 Å². The molecule has 2 aromatic carbocycles. The molecule has 1 aliphatic rings. The topological polar surface area (TPSA) is 67.9 Å². The van der Waals surface area contributed by atoms with Gasteiger partial charge in [0.1, 0.15) is 0 Å². The molecular formula is C25H29ClN2O4. The minimum absolute atomic E-state index is 0.0139. The lowest BCUT2D eigenvalue weighted by Gasteiger charge is -2.31. The van der Waals surface area contributed by atoms with E-state index in [1.807, 2.05) is 11.9 Å². The number of carbonyl (C=O) groups is 2. The summed E-state index contributed by atoms with van der Waals surface area (Å²) < 4.78 is 10.5. The summed E-state index contributed by atoms with van der Waals surface area (Å²) in [5.74, 6) is 0.646.